The lowest BCUT2D eigenvalue weighted by Gasteiger charge is -2.39. The molecule has 6 nitrogen and oxygen atoms in total. The highest BCUT2D eigenvalue weighted by atomic mass is 31.2. The predicted molar refractivity (Wildman–Crippen MR) is 162 cm³/mol. The first-order valence-corrected chi connectivity index (χ1v) is 15.8. The van der Waals surface area contributed by atoms with Crippen LogP contribution in [0, 0.1) is 23.3 Å². The largest absolute Gasteiger partial charge is 0.473 e. The maximum absolute atomic E-state index is 15.5. The standard InChI is InChI=1S/C34H23F4N2O4P/c35-26-11-9-21(14-28(26)37)39-16-20-13-31-25(17-40(18-42-31)22-10-12-27(36)29(38)15-22)34(33(20)43-19-39)45(41)32-8-4-2-6-24(32)23-5-1-3-7-30(23)44-45/h1-15H,16-19H2. The second-order valence-electron chi connectivity index (χ2n) is 11.0. The molecule has 1 unspecified atom stereocenters. The molecule has 0 saturated carbocycles. The van der Waals surface area contributed by atoms with Gasteiger partial charge in [-0.25, -0.2) is 17.6 Å². The quantitative estimate of drug-likeness (QED) is 0.155. The van der Waals surface area contributed by atoms with Crippen LogP contribution in [-0.4, -0.2) is 13.5 Å². The highest BCUT2D eigenvalue weighted by Gasteiger charge is 2.45. The van der Waals surface area contributed by atoms with Crippen molar-refractivity contribution in [3.63, 3.8) is 0 Å². The molecule has 45 heavy (non-hydrogen) atoms. The lowest BCUT2D eigenvalue weighted by Crippen LogP contribution is -2.40. The van der Waals surface area contributed by atoms with Gasteiger partial charge in [0.25, 0.3) is 0 Å². The summed E-state index contributed by atoms with van der Waals surface area (Å²) in [5.74, 6) is -2.72. The Hall–Kier alpha value is -4.95. The van der Waals surface area contributed by atoms with Crippen molar-refractivity contribution in [1.29, 1.82) is 0 Å². The van der Waals surface area contributed by atoms with Gasteiger partial charge in [-0.1, -0.05) is 36.4 Å². The second-order valence-corrected chi connectivity index (χ2v) is 13.2. The van der Waals surface area contributed by atoms with Crippen molar-refractivity contribution in [3.8, 4) is 28.4 Å². The third kappa shape index (κ3) is 4.43. The van der Waals surface area contributed by atoms with E-state index in [4.69, 9.17) is 14.0 Å². The zero-order chi connectivity index (χ0) is 30.9. The van der Waals surface area contributed by atoms with Gasteiger partial charge < -0.3 is 23.8 Å². The number of fused-ring (bicyclic) bond motifs is 5. The van der Waals surface area contributed by atoms with E-state index < -0.39 is 30.6 Å². The van der Waals surface area contributed by atoms with E-state index in [0.717, 1.165) is 35.4 Å². The van der Waals surface area contributed by atoms with E-state index in [-0.39, 0.29) is 26.6 Å². The van der Waals surface area contributed by atoms with Gasteiger partial charge in [-0.15, -0.1) is 0 Å². The fourth-order valence-corrected chi connectivity index (χ4v) is 8.81. The number of benzene rings is 5. The topological polar surface area (TPSA) is 51.2 Å². The lowest BCUT2D eigenvalue weighted by molar-refractivity contribution is 0.276. The first-order chi connectivity index (χ1) is 21.8. The molecular formula is C34H23F4N2O4P. The highest BCUT2D eigenvalue weighted by Crippen LogP contribution is 2.57. The number of anilines is 2. The molecule has 226 valence electrons. The number of para-hydroxylation sites is 1. The lowest BCUT2D eigenvalue weighted by atomic mass is 10.0. The van der Waals surface area contributed by atoms with E-state index >= 15 is 4.57 Å². The number of halogens is 4. The van der Waals surface area contributed by atoms with Crippen molar-refractivity contribution in [1.82, 2.24) is 0 Å². The van der Waals surface area contributed by atoms with E-state index in [0.29, 0.717) is 50.4 Å². The Labute approximate surface area is 255 Å². The van der Waals surface area contributed by atoms with Crippen molar-refractivity contribution in [2.45, 2.75) is 13.1 Å². The molecule has 0 aliphatic carbocycles. The molecule has 0 radical (unpaired) electrons. The Morgan fingerprint density at radius 2 is 1.24 bits per heavy atom. The van der Waals surface area contributed by atoms with Crippen LogP contribution in [0.15, 0.2) is 91.0 Å². The van der Waals surface area contributed by atoms with E-state index in [9.17, 15) is 17.6 Å². The maximum Gasteiger partial charge on any atom is 0.311 e. The fraction of sp³-hybridized carbons (Fsp3) is 0.118. The smallest absolute Gasteiger partial charge is 0.311 e. The summed E-state index contributed by atoms with van der Waals surface area (Å²) in [6, 6.07) is 23.6. The molecule has 5 aromatic rings. The third-order valence-electron chi connectivity index (χ3n) is 8.30. The first-order valence-electron chi connectivity index (χ1n) is 14.1. The molecule has 3 heterocycles. The number of hydrogen-bond acceptors (Lipinski definition) is 6. The Morgan fingerprint density at radius 3 is 1.96 bits per heavy atom. The van der Waals surface area contributed by atoms with E-state index in [2.05, 4.69) is 0 Å². The summed E-state index contributed by atoms with van der Waals surface area (Å²) in [5, 5.41) is 0.782. The summed E-state index contributed by atoms with van der Waals surface area (Å²) in [6.07, 6.45) is 0. The van der Waals surface area contributed by atoms with Gasteiger partial charge in [0.2, 0.25) is 0 Å². The molecule has 0 saturated heterocycles. The number of ether oxygens (including phenoxy) is 2. The molecule has 0 N–H and O–H groups in total. The minimum Gasteiger partial charge on any atom is -0.473 e. The van der Waals surface area contributed by atoms with Crippen molar-refractivity contribution >= 4 is 29.4 Å². The summed E-state index contributed by atoms with van der Waals surface area (Å²) < 4.78 is 90.4. The highest BCUT2D eigenvalue weighted by molar-refractivity contribution is 7.75. The molecule has 0 spiro atoms. The van der Waals surface area contributed by atoms with Crippen LogP contribution >= 0.6 is 7.37 Å². The van der Waals surface area contributed by atoms with Crippen LogP contribution in [0.5, 0.6) is 17.2 Å². The van der Waals surface area contributed by atoms with Crippen LogP contribution in [0.1, 0.15) is 11.1 Å². The van der Waals surface area contributed by atoms with E-state index in [1.54, 1.807) is 40.1 Å². The molecule has 8 rings (SSSR count). The number of nitrogens with zero attached hydrogens (tertiary/aromatic N) is 2. The van der Waals surface area contributed by atoms with Crippen molar-refractivity contribution in [2.24, 2.45) is 0 Å². The van der Waals surface area contributed by atoms with Gasteiger partial charge in [-0.05, 0) is 48.0 Å². The summed E-state index contributed by atoms with van der Waals surface area (Å²) in [7, 11) is -3.94. The fourth-order valence-electron chi connectivity index (χ4n) is 6.14. The Bertz CT molecular complexity index is 2070. The molecule has 3 aliphatic rings. The average molecular weight is 631 g/mol. The van der Waals surface area contributed by atoms with Crippen LogP contribution < -0.4 is 34.4 Å². The van der Waals surface area contributed by atoms with Crippen LogP contribution in [0.2, 0.25) is 0 Å². The third-order valence-corrected chi connectivity index (χ3v) is 10.8. The zero-order valence-electron chi connectivity index (χ0n) is 23.5. The Morgan fingerprint density at radius 1 is 0.622 bits per heavy atom. The molecule has 0 amide bonds. The average Bonchev–Trinajstić information content (AvgIpc) is 3.06. The molecule has 3 aliphatic heterocycles. The van der Waals surface area contributed by atoms with E-state index in [1.165, 1.54) is 12.1 Å². The minimum atomic E-state index is -3.94. The van der Waals surface area contributed by atoms with Crippen LogP contribution in [0.4, 0.5) is 28.9 Å². The monoisotopic (exact) mass is 630 g/mol. The molecular weight excluding hydrogens is 607 g/mol. The van der Waals surface area contributed by atoms with Crippen LogP contribution in [0.3, 0.4) is 0 Å². The number of hydrogen-bond donors (Lipinski definition) is 0. The van der Waals surface area contributed by atoms with Gasteiger partial charge in [0.15, 0.2) is 36.7 Å². The molecule has 0 fully saturated rings. The summed E-state index contributed by atoms with van der Waals surface area (Å²) in [6.45, 7) is 0.316. The first kappa shape index (κ1) is 27.6. The van der Waals surface area contributed by atoms with Gasteiger partial charge in [0.05, 0.1) is 18.4 Å². The van der Waals surface area contributed by atoms with Crippen LogP contribution in [-0.2, 0) is 17.7 Å². The molecule has 0 aromatic heterocycles. The molecule has 1 atom stereocenters. The Kier molecular flexibility index (Phi) is 6.32. The van der Waals surface area contributed by atoms with Crippen molar-refractivity contribution < 1.29 is 36.1 Å². The van der Waals surface area contributed by atoms with Gasteiger partial charge in [0.1, 0.15) is 22.6 Å². The molecule has 0 bridgehead atoms. The van der Waals surface area contributed by atoms with E-state index in [1.807, 2.05) is 24.3 Å². The van der Waals surface area contributed by atoms with Crippen molar-refractivity contribution in [3.05, 3.63) is 125 Å². The summed E-state index contributed by atoms with van der Waals surface area (Å²) in [5.41, 5.74) is 3.46. The normalized spacial score (nSPS) is 18.0. The van der Waals surface area contributed by atoms with Crippen LogP contribution in [0.25, 0.3) is 11.1 Å². The summed E-state index contributed by atoms with van der Waals surface area (Å²) >= 11 is 0. The van der Waals surface area contributed by atoms with Gasteiger partial charge in [-0.3, -0.25) is 4.57 Å². The molecule has 11 heteroatoms. The zero-order valence-corrected chi connectivity index (χ0v) is 24.4. The predicted octanol–water partition coefficient (Wildman–Crippen LogP) is 7.24. The SMILES string of the molecule is O=P1(c2c3c(cc4c2OCN(c2ccc(F)c(F)c2)C4)OCN(c2ccc(F)c(F)c2)C3)Oc2ccccc2-c2ccccc21. The molecule has 5 aromatic carbocycles. The summed E-state index contributed by atoms with van der Waals surface area (Å²) in [4.78, 5) is 3.42. The minimum absolute atomic E-state index is 0.00855. The maximum atomic E-state index is 15.5. The van der Waals surface area contributed by atoms with Crippen molar-refractivity contribution in [2.75, 3.05) is 23.3 Å². The van der Waals surface area contributed by atoms with Gasteiger partial charge in [0, 0.05) is 40.2 Å². The van der Waals surface area contributed by atoms with Gasteiger partial charge in [-0.2, -0.15) is 0 Å². The Balaban J connectivity index is 1.31. The second kappa shape index (κ2) is 10.3. The number of rotatable bonds is 3. The van der Waals surface area contributed by atoms with Gasteiger partial charge >= 0.3 is 7.37 Å².